The second-order valence-electron chi connectivity index (χ2n) is 5.15. The molecule has 1 atom stereocenters. The molecule has 1 aromatic carbocycles. The van der Waals surface area contributed by atoms with Crippen LogP contribution >= 0.6 is 0 Å². The summed E-state index contributed by atoms with van der Waals surface area (Å²) in [6, 6.07) is 0. The van der Waals surface area contributed by atoms with Gasteiger partial charge in [-0.1, -0.05) is 0 Å². The van der Waals surface area contributed by atoms with Crippen molar-refractivity contribution in [2.75, 3.05) is 13.2 Å². The van der Waals surface area contributed by atoms with Crippen LogP contribution in [0.3, 0.4) is 0 Å². The molecule has 0 bridgehead atoms. The van der Waals surface area contributed by atoms with Gasteiger partial charge < -0.3 is 19.7 Å². The van der Waals surface area contributed by atoms with E-state index in [0.717, 1.165) is 34.4 Å². The van der Waals surface area contributed by atoms with Crippen molar-refractivity contribution in [1.82, 2.24) is 0 Å². The third kappa shape index (κ3) is 2.58. The first kappa shape index (κ1) is 14.7. The highest BCUT2D eigenvalue weighted by molar-refractivity contribution is 5.69. The Hall–Kier alpha value is -1.75. The number of carboxylic acids is 1. The highest BCUT2D eigenvalue weighted by atomic mass is 16.5. The molecule has 1 aliphatic heterocycles. The average molecular weight is 280 g/mol. The van der Waals surface area contributed by atoms with Crippen molar-refractivity contribution in [3.05, 3.63) is 22.3 Å². The molecule has 1 aliphatic rings. The van der Waals surface area contributed by atoms with Gasteiger partial charge in [0.2, 0.25) is 0 Å². The lowest BCUT2D eigenvalue weighted by Crippen LogP contribution is -2.14. The van der Waals surface area contributed by atoms with E-state index >= 15 is 0 Å². The zero-order chi connectivity index (χ0) is 14.9. The van der Waals surface area contributed by atoms with Gasteiger partial charge in [-0.3, -0.25) is 0 Å². The summed E-state index contributed by atoms with van der Waals surface area (Å²) in [7, 11) is 0. The molecule has 0 fully saturated rings. The Balaban J connectivity index is 2.36. The minimum atomic E-state index is -0.989. The maximum absolute atomic E-state index is 10.7. The molecule has 1 heterocycles. The Kier molecular flexibility index (Phi) is 4.18. The lowest BCUT2D eigenvalue weighted by Gasteiger charge is -2.17. The normalized spacial score (nSPS) is 16.7. The second kappa shape index (κ2) is 5.71. The molecule has 1 aromatic rings. The molecule has 2 N–H and O–H groups in total. The lowest BCUT2D eigenvalue weighted by atomic mass is 9.95. The van der Waals surface area contributed by atoms with Crippen molar-refractivity contribution in [1.29, 1.82) is 0 Å². The molecule has 1 unspecified atom stereocenters. The number of aliphatic hydroxyl groups excluding tert-OH is 1. The molecule has 110 valence electrons. The molecular formula is C15H20O5. The predicted molar refractivity (Wildman–Crippen MR) is 73.6 cm³/mol. The summed E-state index contributed by atoms with van der Waals surface area (Å²) in [5.74, 6) is 0.509. The molecule has 2 rings (SSSR count). The number of carbonyl (C=O) groups is 1. The zero-order valence-corrected chi connectivity index (χ0v) is 12.0. The Labute approximate surface area is 118 Å². The number of ether oxygens (including phenoxy) is 2. The molecule has 0 saturated heterocycles. The second-order valence-corrected chi connectivity index (χ2v) is 5.15. The van der Waals surface area contributed by atoms with E-state index in [1.54, 1.807) is 0 Å². The summed E-state index contributed by atoms with van der Waals surface area (Å²) < 4.78 is 11.3. The van der Waals surface area contributed by atoms with Gasteiger partial charge in [0.1, 0.15) is 17.6 Å². The van der Waals surface area contributed by atoms with Crippen LogP contribution in [-0.2, 0) is 11.2 Å². The van der Waals surface area contributed by atoms with E-state index in [2.05, 4.69) is 0 Å². The van der Waals surface area contributed by atoms with Gasteiger partial charge in [0.15, 0.2) is 6.61 Å². The van der Waals surface area contributed by atoms with Crippen LogP contribution in [0, 0.1) is 20.8 Å². The fourth-order valence-corrected chi connectivity index (χ4v) is 2.65. The fourth-order valence-electron chi connectivity index (χ4n) is 2.65. The van der Waals surface area contributed by atoms with Crippen molar-refractivity contribution in [3.63, 3.8) is 0 Å². The third-order valence-electron chi connectivity index (χ3n) is 3.82. The van der Waals surface area contributed by atoms with Gasteiger partial charge >= 0.3 is 5.97 Å². The highest BCUT2D eigenvalue weighted by Gasteiger charge is 2.29. The highest BCUT2D eigenvalue weighted by Crippen LogP contribution is 2.42. The maximum atomic E-state index is 10.7. The van der Waals surface area contributed by atoms with Crippen molar-refractivity contribution in [2.45, 2.75) is 39.7 Å². The van der Waals surface area contributed by atoms with E-state index < -0.39 is 5.97 Å². The quantitative estimate of drug-likeness (QED) is 0.859. The maximum Gasteiger partial charge on any atom is 0.341 e. The first-order valence-corrected chi connectivity index (χ1v) is 6.70. The number of fused-ring (bicyclic) bond motifs is 1. The van der Waals surface area contributed by atoms with E-state index in [1.807, 2.05) is 20.8 Å². The van der Waals surface area contributed by atoms with Crippen LogP contribution in [0.2, 0.25) is 0 Å². The Bertz CT molecular complexity index is 536. The first-order valence-electron chi connectivity index (χ1n) is 6.70. The van der Waals surface area contributed by atoms with Gasteiger partial charge in [-0.05, 0) is 37.5 Å². The van der Waals surface area contributed by atoms with E-state index in [0.29, 0.717) is 12.2 Å². The largest absolute Gasteiger partial charge is 0.489 e. The Morgan fingerprint density at radius 1 is 1.30 bits per heavy atom. The SMILES string of the molecule is Cc1c(C)c2c(c(C)c1OCC(=O)O)CC(CCO)O2. The Morgan fingerprint density at radius 3 is 2.60 bits per heavy atom. The standard InChI is InChI=1S/C15H20O5/c1-8-9(2)15-12(6-11(20-15)4-5-16)10(3)14(8)19-7-13(17)18/h11,16H,4-7H2,1-3H3,(H,17,18). The Morgan fingerprint density at radius 2 is 2.00 bits per heavy atom. The van der Waals surface area contributed by atoms with E-state index in [4.69, 9.17) is 19.7 Å². The van der Waals surface area contributed by atoms with Gasteiger partial charge in [0.25, 0.3) is 0 Å². The molecule has 5 nitrogen and oxygen atoms in total. The van der Waals surface area contributed by atoms with E-state index in [9.17, 15) is 4.79 Å². The van der Waals surface area contributed by atoms with Crippen molar-refractivity contribution in [2.24, 2.45) is 0 Å². The summed E-state index contributed by atoms with van der Waals surface area (Å²) in [5, 5.41) is 17.8. The van der Waals surface area contributed by atoms with E-state index in [-0.39, 0.29) is 19.3 Å². The van der Waals surface area contributed by atoms with Crippen LogP contribution in [0.5, 0.6) is 11.5 Å². The van der Waals surface area contributed by atoms with Gasteiger partial charge in [0.05, 0.1) is 0 Å². The van der Waals surface area contributed by atoms with Gasteiger partial charge in [-0.2, -0.15) is 0 Å². The molecule has 0 spiro atoms. The molecular weight excluding hydrogens is 260 g/mol. The molecule has 0 saturated carbocycles. The minimum Gasteiger partial charge on any atom is -0.489 e. The topological polar surface area (TPSA) is 76.0 Å². The van der Waals surface area contributed by atoms with Gasteiger partial charge in [-0.15, -0.1) is 0 Å². The fraction of sp³-hybridized carbons (Fsp3) is 0.533. The van der Waals surface area contributed by atoms with Crippen molar-refractivity contribution >= 4 is 5.97 Å². The van der Waals surface area contributed by atoms with Gasteiger partial charge in [-0.25, -0.2) is 4.79 Å². The van der Waals surface area contributed by atoms with Crippen LogP contribution in [0.1, 0.15) is 28.7 Å². The molecule has 5 heteroatoms. The summed E-state index contributed by atoms with van der Waals surface area (Å²) in [4.78, 5) is 10.7. The zero-order valence-electron chi connectivity index (χ0n) is 12.0. The number of benzene rings is 1. The van der Waals surface area contributed by atoms with Crippen LogP contribution < -0.4 is 9.47 Å². The number of hydrogen-bond acceptors (Lipinski definition) is 4. The molecule has 20 heavy (non-hydrogen) atoms. The third-order valence-corrected chi connectivity index (χ3v) is 3.82. The van der Waals surface area contributed by atoms with Crippen LogP contribution in [0.15, 0.2) is 0 Å². The summed E-state index contributed by atoms with van der Waals surface area (Å²) in [6.07, 6.45) is 1.31. The van der Waals surface area contributed by atoms with Crippen LogP contribution in [0.25, 0.3) is 0 Å². The van der Waals surface area contributed by atoms with Crippen molar-refractivity contribution < 1.29 is 24.5 Å². The number of hydrogen-bond donors (Lipinski definition) is 2. The first-order chi connectivity index (χ1) is 9.45. The minimum absolute atomic E-state index is 0.0125. The van der Waals surface area contributed by atoms with E-state index in [1.165, 1.54) is 0 Å². The van der Waals surface area contributed by atoms with Crippen LogP contribution in [0.4, 0.5) is 0 Å². The van der Waals surface area contributed by atoms with Gasteiger partial charge in [0, 0.05) is 25.0 Å². The summed E-state index contributed by atoms with van der Waals surface area (Å²) >= 11 is 0. The smallest absolute Gasteiger partial charge is 0.341 e. The monoisotopic (exact) mass is 280 g/mol. The molecule has 0 aromatic heterocycles. The number of aliphatic hydroxyl groups is 1. The molecule has 0 radical (unpaired) electrons. The molecule has 0 aliphatic carbocycles. The number of rotatable bonds is 5. The summed E-state index contributed by atoms with van der Waals surface area (Å²) in [6.45, 7) is 5.52. The lowest BCUT2D eigenvalue weighted by molar-refractivity contribution is -0.139. The summed E-state index contributed by atoms with van der Waals surface area (Å²) in [5.41, 5.74) is 3.88. The van der Waals surface area contributed by atoms with Crippen molar-refractivity contribution in [3.8, 4) is 11.5 Å². The number of carboxylic acid groups (broad SMARTS) is 1. The van der Waals surface area contributed by atoms with Crippen LogP contribution in [-0.4, -0.2) is 35.5 Å². The average Bonchev–Trinajstić information content (AvgIpc) is 2.80. The molecule has 0 amide bonds. The number of aliphatic carboxylic acids is 1. The predicted octanol–water partition coefficient (Wildman–Crippen LogP) is 1.76.